The van der Waals surface area contributed by atoms with Crippen molar-refractivity contribution in [2.75, 3.05) is 0 Å². The molecule has 0 saturated heterocycles. The van der Waals surface area contributed by atoms with Gasteiger partial charge in [-0.05, 0) is 12.8 Å². The molecule has 1 aliphatic rings. The predicted octanol–water partition coefficient (Wildman–Crippen LogP) is 2.80. The zero-order valence-corrected chi connectivity index (χ0v) is 14.5. The van der Waals surface area contributed by atoms with Crippen LogP contribution < -0.4 is 0 Å². The number of carbonyl (C=O) groups is 4. The molecule has 7 heteroatoms. The van der Waals surface area contributed by atoms with E-state index in [9.17, 15) is 19.2 Å². The van der Waals surface area contributed by atoms with E-state index in [1.54, 1.807) is 0 Å². The summed E-state index contributed by atoms with van der Waals surface area (Å²) >= 11 is 0. The van der Waals surface area contributed by atoms with Gasteiger partial charge in [0.15, 0.2) is 0 Å². The summed E-state index contributed by atoms with van der Waals surface area (Å²) in [5.41, 5.74) is 0. The fraction of sp³-hybridized carbons (Fsp3) is 0.765. The highest BCUT2D eigenvalue weighted by atomic mass is 16.5. The summed E-state index contributed by atoms with van der Waals surface area (Å²) in [6.07, 6.45) is 5.08. The molecule has 138 valence electrons. The maximum absolute atomic E-state index is 11.2. The van der Waals surface area contributed by atoms with Crippen molar-refractivity contribution in [3.05, 3.63) is 0 Å². The van der Waals surface area contributed by atoms with Crippen LogP contribution in [0.4, 0.5) is 0 Å². The van der Waals surface area contributed by atoms with Gasteiger partial charge in [-0.15, -0.1) is 0 Å². The molecule has 0 heterocycles. The quantitative estimate of drug-likeness (QED) is 0.487. The number of rotatable bonds is 9. The molecule has 0 aliphatic heterocycles. The fourth-order valence-electron chi connectivity index (χ4n) is 2.55. The summed E-state index contributed by atoms with van der Waals surface area (Å²) in [5.74, 6) is -2.08. The number of unbranched alkanes of at least 4 members (excludes halogenated alkanes) is 3. The fourth-order valence-corrected chi connectivity index (χ4v) is 2.55. The second-order valence-electron chi connectivity index (χ2n) is 5.99. The number of ketones is 1. The molecule has 24 heavy (non-hydrogen) atoms. The van der Waals surface area contributed by atoms with Crippen LogP contribution in [0.15, 0.2) is 0 Å². The van der Waals surface area contributed by atoms with Crippen molar-refractivity contribution in [2.24, 2.45) is 5.92 Å². The summed E-state index contributed by atoms with van der Waals surface area (Å²) in [6.45, 7) is 3.40. The lowest BCUT2D eigenvalue weighted by Crippen LogP contribution is -2.21. The van der Waals surface area contributed by atoms with Gasteiger partial charge in [0, 0.05) is 38.5 Å². The zero-order valence-electron chi connectivity index (χ0n) is 14.5. The molecule has 1 rings (SSSR count). The summed E-state index contributed by atoms with van der Waals surface area (Å²) in [5, 5.41) is 16.7. The van der Waals surface area contributed by atoms with Gasteiger partial charge in [0.05, 0.1) is 0 Å². The molecule has 1 saturated carbocycles. The van der Waals surface area contributed by atoms with E-state index in [0.717, 1.165) is 19.3 Å². The van der Waals surface area contributed by atoms with Gasteiger partial charge in [0.1, 0.15) is 11.9 Å². The Morgan fingerprint density at radius 3 is 2.17 bits per heavy atom. The summed E-state index contributed by atoms with van der Waals surface area (Å²) in [6, 6.07) is 0. The minimum absolute atomic E-state index is 0.00963. The molecular weight excluding hydrogens is 316 g/mol. The third-order valence-corrected chi connectivity index (χ3v) is 3.74. The van der Waals surface area contributed by atoms with E-state index in [1.165, 1.54) is 13.3 Å². The SMILES string of the molecule is CC(=O)OC1CC(=O)CC1CCC(=O)O.CCCCCCC(=O)O. The van der Waals surface area contributed by atoms with Gasteiger partial charge in [-0.3, -0.25) is 19.2 Å². The Morgan fingerprint density at radius 2 is 1.67 bits per heavy atom. The van der Waals surface area contributed by atoms with E-state index >= 15 is 0 Å². The van der Waals surface area contributed by atoms with Crippen LogP contribution in [-0.4, -0.2) is 40.0 Å². The Hall–Kier alpha value is -1.92. The number of hydrogen-bond donors (Lipinski definition) is 2. The van der Waals surface area contributed by atoms with E-state index in [-0.39, 0.29) is 24.5 Å². The monoisotopic (exact) mass is 344 g/mol. The highest BCUT2D eigenvalue weighted by Gasteiger charge is 2.35. The summed E-state index contributed by atoms with van der Waals surface area (Å²) in [4.78, 5) is 42.2. The van der Waals surface area contributed by atoms with Gasteiger partial charge in [-0.2, -0.15) is 0 Å². The molecule has 0 amide bonds. The third kappa shape index (κ3) is 11.6. The number of hydrogen-bond acceptors (Lipinski definition) is 5. The largest absolute Gasteiger partial charge is 0.481 e. The van der Waals surface area contributed by atoms with Crippen molar-refractivity contribution < 1.29 is 34.1 Å². The lowest BCUT2D eigenvalue weighted by molar-refractivity contribution is -0.148. The molecule has 1 fully saturated rings. The van der Waals surface area contributed by atoms with Crippen LogP contribution in [0, 0.1) is 5.92 Å². The Morgan fingerprint density at radius 1 is 1.04 bits per heavy atom. The lowest BCUT2D eigenvalue weighted by atomic mass is 9.99. The number of carboxylic acids is 2. The number of aliphatic carboxylic acids is 2. The van der Waals surface area contributed by atoms with Crippen molar-refractivity contribution in [3.63, 3.8) is 0 Å². The van der Waals surface area contributed by atoms with Crippen LogP contribution in [0.2, 0.25) is 0 Å². The van der Waals surface area contributed by atoms with Crippen molar-refractivity contribution in [1.82, 2.24) is 0 Å². The molecular formula is C17H28O7. The molecule has 0 aromatic carbocycles. The molecule has 2 atom stereocenters. The Bertz CT molecular complexity index is 431. The van der Waals surface area contributed by atoms with E-state index in [0.29, 0.717) is 19.3 Å². The molecule has 7 nitrogen and oxygen atoms in total. The zero-order chi connectivity index (χ0) is 18.5. The lowest BCUT2D eigenvalue weighted by Gasteiger charge is -2.17. The minimum Gasteiger partial charge on any atom is -0.481 e. The molecule has 2 unspecified atom stereocenters. The number of esters is 1. The normalized spacial score (nSPS) is 19.3. The number of carbonyl (C=O) groups excluding carboxylic acids is 2. The molecule has 0 aromatic rings. The Balaban J connectivity index is 0.000000506. The van der Waals surface area contributed by atoms with Gasteiger partial charge in [-0.1, -0.05) is 26.2 Å². The van der Waals surface area contributed by atoms with Crippen LogP contribution in [-0.2, 0) is 23.9 Å². The second kappa shape index (κ2) is 12.5. The molecule has 0 spiro atoms. The van der Waals surface area contributed by atoms with Crippen LogP contribution in [0.5, 0.6) is 0 Å². The molecule has 2 N–H and O–H groups in total. The first-order valence-electron chi connectivity index (χ1n) is 8.38. The van der Waals surface area contributed by atoms with Crippen LogP contribution >= 0.6 is 0 Å². The maximum atomic E-state index is 11.2. The van der Waals surface area contributed by atoms with Gasteiger partial charge >= 0.3 is 17.9 Å². The highest BCUT2D eigenvalue weighted by molar-refractivity contribution is 5.82. The van der Waals surface area contributed by atoms with Crippen LogP contribution in [0.25, 0.3) is 0 Å². The molecule has 0 radical (unpaired) electrons. The van der Waals surface area contributed by atoms with E-state index in [4.69, 9.17) is 14.9 Å². The van der Waals surface area contributed by atoms with Crippen LogP contribution in [0.3, 0.4) is 0 Å². The topological polar surface area (TPSA) is 118 Å². The van der Waals surface area contributed by atoms with Gasteiger partial charge in [-0.25, -0.2) is 0 Å². The standard InChI is InChI=1S/C10H14O5.C7H14O2/c1-6(11)15-9-5-8(12)4-7(9)2-3-10(13)14;1-2-3-4-5-6-7(8)9/h7,9H,2-5H2,1H3,(H,13,14);2-6H2,1H3,(H,8,9). The van der Waals surface area contributed by atoms with Crippen molar-refractivity contribution in [1.29, 1.82) is 0 Å². The maximum Gasteiger partial charge on any atom is 0.303 e. The Kier molecular flexibility index (Phi) is 11.5. The first-order valence-corrected chi connectivity index (χ1v) is 8.38. The smallest absolute Gasteiger partial charge is 0.303 e. The molecule has 0 aromatic heterocycles. The van der Waals surface area contributed by atoms with Crippen molar-refractivity contribution in [3.8, 4) is 0 Å². The third-order valence-electron chi connectivity index (χ3n) is 3.74. The van der Waals surface area contributed by atoms with Gasteiger partial charge in [0.2, 0.25) is 0 Å². The molecule has 1 aliphatic carbocycles. The summed E-state index contributed by atoms with van der Waals surface area (Å²) in [7, 11) is 0. The predicted molar refractivity (Wildman–Crippen MR) is 86.5 cm³/mol. The van der Waals surface area contributed by atoms with Crippen LogP contribution in [0.1, 0.15) is 71.6 Å². The number of ether oxygens (including phenoxy) is 1. The Labute approximate surface area is 142 Å². The summed E-state index contributed by atoms with van der Waals surface area (Å²) < 4.78 is 4.97. The highest BCUT2D eigenvalue weighted by Crippen LogP contribution is 2.29. The van der Waals surface area contributed by atoms with Crippen molar-refractivity contribution >= 4 is 23.7 Å². The van der Waals surface area contributed by atoms with Crippen molar-refractivity contribution in [2.45, 2.75) is 77.7 Å². The molecule has 0 bridgehead atoms. The second-order valence-corrected chi connectivity index (χ2v) is 5.99. The average Bonchev–Trinajstić information content (AvgIpc) is 2.81. The first kappa shape index (κ1) is 22.1. The van der Waals surface area contributed by atoms with E-state index in [1.807, 2.05) is 0 Å². The van der Waals surface area contributed by atoms with Gasteiger partial charge < -0.3 is 14.9 Å². The van der Waals surface area contributed by atoms with E-state index < -0.39 is 24.0 Å². The minimum atomic E-state index is -0.893. The number of Topliss-reactive ketones (excluding diaryl/α,β-unsaturated/α-hetero) is 1. The van der Waals surface area contributed by atoms with Gasteiger partial charge in [0.25, 0.3) is 0 Å². The van der Waals surface area contributed by atoms with E-state index in [2.05, 4.69) is 6.92 Å². The average molecular weight is 344 g/mol. The number of carboxylic acid groups (broad SMARTS) is 2. The first-order chi connectivity index (χ1) is 11.3.